The number of carbonyl (C=O) groups is 1. The van der Waals surface area contributed by atoms with Gasteiger partial charge in [0.1, 0.15) is 0 Å². The SMILES string of the molecule is Cc1cccc(C(=O)CN2CCN(CC(C)C)CC2)c1. The minimum Gasteiger partial charge on any atom is -0.301 e. The molecule has 3 heteroatoms. The maximum Gasteiger partial charge on any atom is 0.176 e. The summed E-state index contributed by atoms with van der Waals surface area (Å²) in [5.41, 5.74) is 1.99. The van der Waals surface area contributed by atoms with Gasteiger partial charge in [-0.1, -0.05) is 37.6 Å². The van der Waals surface area contributed by atoms with Crippen LogP contribution in [0.5, 0.6) is 0 Å². The summed E-state index contributed by atoms with van der Waals surface area (Å²) in [5, 5.41) is 0. The lowest BCUT2D eigenvalue weighted by molar-refractivity contribution is 0.0837. The zero-order valence-electron chi connectivity index (χ0n) is 12.9. The van der Waals surface area contributed by atoms with Gasteiger partial charge in [-0.25, -0.2) is 0 Å². The summed E-state index contributed by atoms with van der Waals surface area (Å²) < 4.78 is 0. The molecule has 2 rings (SSSR count). The van der Waals surface area contributed by atoms with Crippen LogP contribution in [0.15, 0.2) is 24.3 Å². The van der Waals surface area contributed by atoms with Gasteiger partial charge in [0.05, 0.1) is 6.54 Å². The molecule has 0 N–H and O–H groups in total. The average Bonchev–Trinajstić information content (AvgIpc) is 2.40. The van der Waals surface area contributed by atoms with E-state index in [-0.39, 0.29) is 5.78 Å². The first kappa shape index (κ1) is 15.2. The van der Waals surface area contributed by atoms with Crippen molar-refractivity contribution in [3.05, 3.63) is 35.4 Å². The van der Waals surface area contributed by atoms with E-state index in [4.69, 9.17) is 0 Å². The van der Waals surface area contributed by atoms with Crippen molar-refractivity contribution in [2.75, 3.05) is 39.3 Å². The van der Waals surface area contributed by atoms with Crippen molar-refractivity contribution in [2.45, 2.75) is 20.8 Å². The minimum atomic E-state index is 0.242. The molecule has 0 bridgehead atoms. The fraction of sp³-hybridized carbons (Fsp3) is 0.588. The van der Waals surface area contributed by atoms with E-state index in [2.05, 4.69) is 23.6 Å². The largest absolute Gasteiger partial charge is 0.301 e. The molecule has 1 aliphatic heterocycles. The third-order valence-corrected chi connectivity index (χ3v) is 3.80. The second-order valence-electron chi connectivity index (χ2n) is 6.26. The van der Waals surface area contributed by atoms with E-state index in [0.29, 0.717) is 6.54 Å². The molecule has 0 aromatic heterocycles. The van der Waals surface area contributed by atoms with Gasteiger partial charge < -0.3 is 4.90 Å². The van der Waals surface area contributed by atoms with Crippen LogP contribution >= 0.6 is 0 Å². The van der Waals surface area contributed by atoms with Gasteiger partial charge in [0.25, 0.3) is 0 Å². The van der Waals surface area contributed by atoms with Crippen LogP contribution < -0.4 is 0 Å². The molecular weight excluding hydrogens is 248 g/mol. The highest BCUT2D eigenvalue weighted by atomic mass is 16.1. The van der Waals surface area contributed by atoms with E-state index < -0.39 is 0 Å². The Morgan fingerprint density at radius 2 is 1.80 bits per heavy atom. The van der Waals surface area contributed by atoms with Crippen molar-refractivity contribution in [2.24, 2.45) is 5.92 Å². The van der Waals surface area contributed by atoms with Gasteiger partial charge in [0, 0.05) is 38.3 Å². The highest BCUT2D eigenvalue weighted by molar-refractivity contribution is 5.97. The Bertz CT molecular complexity index is 448. The lowest BCUT2D eigenvalue weighted by Gasteiger charge is -2.35. The number of aryl methyl sites for hydroxylation is 1. The van der Waals surface area contributed by atoms with Crippen LogP contribution in [-0.4, -0.2) is 54.9 Å². The fourth-order valence-electron chi connectivity index (χ4n) is 2.76. The van der Waals surface area contributed by atoms with E-state index in [9.17, 15) is 4.79 Å². The molecule has 0 radical (unpaired) electrons. The number of Topliss-reactive ketones (excluding diaryl/α,β-unsaturated/α-hetero) is 1. The van der Waals surface area contributed by atoms with E-state index in [1.54, 1.807) is 0 Å². The number of hydrogen-bond donors (Lipinski definition) is 0. The Kier molecular flexibility index (Phi) is 5.32. The molecule has 1 heterocycles. The van der Waals surface area contributed by atoms with E-state index in [1.807, 2.05) is 31.2 Å². The van der Waals surface area contributed by atoms with Gasteiger partial charge in [-0.2, -0.15) is 0 Å². The van der Waals surface area contributed by atoms with Gasteiger partial charge in [-0.15, -0.1) is 0 Å². The van der Waals surface area contributed by atoms with Gasteiger partial charge in [0.15, 0.2) is 5.78 Å². The maximum atomic E-state index is 12.3. The van der Waals surface area contributed by atoms with Gasteiger partial charge in [-0.05, 0) is 18.9 Å². The molecule has 1 fully saturated rings. The summed E-state index contributed by atoms with van der Waals surface area (Å²) in [6, 6.07) is 7.90. The predicted molar refractivity (Wildman–Crippen MR) is 83.2 cm³/mol. The van der Waals surface area contributed by atoms with Crippen molar-refractivity contribution >= 4 is 5.78 Å². The number of benzene rings is 1. The zero-order valence-corrected chi connectivity index (χ0v) is 12.9. The molecule has 0 saturated carbocycles. The first-order valence-electron chi connectivity index (χ1n) is 7.59. The topological polar surface area (TPSA) is 23.6 Å². The smallest absolute Gasteiger partial charge is 0.176 e. The minimum absolute atomic E-state index is 0.242. The Morgan fingerprint density at radius 1 is 1.15 bits per heavy atom. The Balaban J connectivity index is 1.82. The van der Waals surface area contributed by atoms with E-state index >= 15 is 0 Å². The number of carbonyl (C=O) groups excluding carboxylic acids is 1. The third kappa shape index (κ3) is 4.43. The van der Waals surface area contributed by atoms with Crippen molar-refractivity contribution in [3.8, 4) is 0 Å². The van der Waals surface area contributed by atoms with Crippen LogP contribution in [0.3, 0.4) is 0 Å². The summed E-state index contributed by atoms with van der Waals surface area (Å²) in [6.07, 6.45) is 0. The molecule has 1 aromatic carbocycles. The average molecular weight is 274 g/mol. The fourth-order valence-corrected chi connectivity index (χ4v) is 2.76. The first-order chi connectivity index (χ1) is 9.54. The van der Waals surface area contributed by atoms with Crippen molar-refractivity contribution < 1.29 is 4.79 Å². The number of nitrogens with zero attached hydrogens (tertiary/aromatic N) is 2. The summed E-state index contributed by atoms with van der Waals surface area (Å²) in [7, 11) is 0. The molecule has 0 spiro atoms. The molecule has 1 saturated heterocycles. The lowest BCUT2D eigenvalue weighted by Crippen LogP contribution is -2.48. The van der Waals surface area contributed by atoms with Gasteiger partial charge in [-0.3, -0.25) is 9.69 Å². The van der Waals surface area contributed by atoms with Crippen molar-refractivity contribution in [1.29, 1.82) is 0 Å². The molecule has 1 aromatic rings. The molecule has 3 nitrogen and oxygen atoms in total. The van der Waals surface area contributed by atoms with Gasteiger partial charge in [0.2, 0.25) is 0 Å². The van der Waals surface area contributed by atoms with E-state index in [1.165, 1.54) is 6.54 Å². The lowest BCUT2D eigenvalue weighted by atomic mass is 10.1. The summed E-state index contributed by atoms with van der Waals surface area (Å²) in [4.78, 5) is 17.0. The predicted octanol–water partition coefficient (Wildman–Crippen LogP) is 2.45. The highest BCUT2D eigenvalue weighted by Crippen LogP contribution is 2.09. The molecule has 20 heavy (non-hydrogen) atoms. The highest BCUT2D eigenvalue weighted by Gasteiger charge is 2.19. The van der Waals surface area contributed by atoms with Gasteiger partial charge >= 0.3 is 0 Å². The molecule has 0 aliphatic carbocycles. The molecule has 0 unspecified atom stereocenters. The molecule has 1 aliphatic rings. The van der Waals surface area contributed by atoms with Crippen LogP contribution in [0.4, 0.5) is 0 Å². The third-order valence-electron chi connectivity index (χ3n) is 3.80. The Labute approximate surface area is 122 Å². The van der Waals surface area contributed by atoms with Crippen LogP contribution in [0.1, 0.15) is 29.8 Å². The second-order valence-corrected chi connectivity index (χ2v) is 6.26. The molecule has 110 valence electrons. The standard InChI is InChI=1S/C17H26N2O/c1-14(2)12-18-7-9-19(10-8-18)13-17(20)16-6-4-5-15(3)11-16/h4-6,11,14H,7-10,12-13H2,1-3H3. The number of hydrogen-bond acceptors (Lipinski definition) is 3. The quantitative estimate of drug-likeness (QED) is 0.771. The van der Waals surface area contributed by atoms with Crippen LogP contribution in [0, 0.1) is 12.8 Å². The zero-order chi connectivity index (χ0) is 14.5. The summed E-state index contributed by atoms with van der Waals surface area (Å²) in [5.74, 6) is 0.960. The monoisotopic (exact) mass is 274 g/mol. The summed E-state index contributed by atoms with van der Waals surface area (Å²) >= 11 is 0. The first-order valence-corrected chi connectivity index (χ1v) is 7.59. The Hall–Kier alpha value is -1.19. The summed E-state index contributed by atoms with van der Waals surface area (Å²) in [6.45, 7) is 12.4. The van der Waals surface area contributed by atoms with Crippen molar-refractivity contribution in [1.82, 2.24) is 9.80 Å². The van der Waals surface area contributed by atoms with Crippen LogP contribution in [-0.2, 0) is 0 Å². The van der Waals surface area contributed by atoms with Crippen LogP contribution in [0.25, 0.3) is 0 Å². The van der Waals surface area contributed by atoms with Crippen LogP contribution in [0.2, 0.25) is 0 Å². The molecule has 0 amide bonds. The molecule has 0 atom stereocenters. The number of rotatable bonds is 5. The Morgan fingerprint density at radius 3 is 2.40 bits per heavy atom. The normalized spacial score (nSPS) is 17.6. The number of ketones is 1. The second kappa shape index (κ2) is 7.00. The molecular formula is C17H26N2O. The number of piperazine rings is 1. The van der Waals surface area contributed by atoms with E-state index in [0.717, 1.165) is 43.2 Å². The maximum absolute atomic E-state index is 12.3. The van der Waals surface area contributed by atoms with Crippen molar-refractivity contribution in [3.63, 3.8) is 0 Å².